The Morgan fingerprint density at radius 1 is 0.892 bits per heavy atom. The molecule has 1 saturated carbocycles. The summed E-state index contributed by atoms with van der Waals surface area (Å²) in [6.07, 6.45) is 6.19. The summed E-state index contributed by atoms with van der Waals surface area (Å²) in [5, 5.41) is 3.30. The number of ether oxygens (including phenoxy) is 1. The molecule has 0 unspecified atom stereocenters. The van der Waals surface area contributed by atoms with E-state index < -0.39 is 6.04 Å². The van der Waals surface area contributed by atoms with Crippen LogP contribution in [0.5, 0.6) is 5.75 Å². The highest BCUT2D eigenvalue weighted by Gasteiger charge is 2.32. The SMILES string of the molecule is COc1ccc(CC(=O)N(Cc2ccccc2C)[C@H](Cc2ccccc2)C(=O)NC2CCCCC2)cc1. The van der Waals surface area contributed by atoms with E-state index in [2.05, 4.69) is 18.3 Å². The fourth-order valence-electron chi connectivity index (χ4n) is 5.09. The Hall–Kier alpha value is -3.60. The lowest BCUT2D eigenvalue weighted by Crippen LogP contribution is -2.53. The smallest absolute Gasteiger partial charge is 0.243 e. The first-order chi connectivity index (χ1) is 18.0. The monoisotopic (exact) mass is 498 g/mol. The van der Waals surface area contributed by atoms with Crippen molar-refractivity contribution < 1.29 is 14.3 Å². The molecule has 0 aromatic heterocycles. The van der Waals surface area contributed by atoms with Gasteiger partial charge in [0.05, 0.1) is 13.5 Å². The number of nitrogens with zero attached hydrogens (tertiary/aromatic N) is 1. The standard InChI is InChI=1S/C32H38N2O3/c1-24-11-9-10-14-27(24)23-34(31(35)22-26-17-19-29(37-2)20-18-26)30(21-25-12-5-3-6-13-25)32(36)33-28-15-7-4-8-16-28/h3,5-6,9-14,17-20,28,30H,4,7-8,15-16,21-23H2,1-2H3,(H,33,36)/t30-/m1/s1. The van der Waals surface area contributed by atoms with Gasteiger partial charge in [0.2, 0.25) is 11.8 Å². The van der Waals surface area contributed by atoms with Crippen LogP contribution in [0, 0.1) is 6.92 Å². The highest BCUT2D eigenvalue weighted by molar-refractivity contribution is 5.89. The van der Waals surface area contributed by atoms with Gasteiger partial charge in [-0.25, -0.2) is 0 Å². The lowest BCUT2D eigenvalue weighted by atomic mass is 9.94. The second kappa shape index (κ2) is 13.1. The van der Waals surface area contributed by atoms with Crippen LogP contribution < -0.4 is 10.1 Å². The van der Waals surface area contributed by atoms with Gasteiger partial charge >= 0.3 is 0 Å². The molecule has 0 aliphatic heterocycles. The predicted octanol–water partition coefficient (Wildman–Crippen LogP) is 5.64. The summed E-state index contributed by atoms with van der Waals surface area (Å²) in [7, 11) is 1.63. The van der Waals surface area contributed by atoms with E-state index in [0.717, 1.165) is 53.7 Å². The van der Waals surface area contributed by atoms with Crippen molar-refractivity contribution in [2.24, 2.45) is 0 Å². The molecule has 0 spiro atoms. The Balaban J connectivity index is 1.65. The molecule has 194 valence electrons. The Kier molecular flexibility index (Phi) is 9.36. The van der Waals surface area contributed by atoms with Crippen LogP contribution in [0.25, 0.3) is 0 Å². The third-order valence-electron chi connectivity index (χ3n) is 7.34. The van der Waals surface area contributed by atoms with E-state index in [1.54, 1.807) is 12.0 Å². The number of nitrogens with one attached hydrogen (secondary N) is 1. The van der Waals surface area contributed by atoms with Crippen molar-refractivity contribution in [3.63, 3.8) is 0 Å². The van der Waals surface area contributed by atoms with Crippen LogP contribution in [0.3, 0.4) is 0 Å². The second-order valence-electron chi connectivity index (χ2n) is 10.0. The van der Waals surface area contributed by atoms with E-state index in [1.807, 2.05) is 72.8 Å². The molecule has 1 atom stereocenters. The lowest BCUT2D eigenvalue weighted by Gasteiger charge is -2.34. The summed E-state index contributed by atoms with van der Waals surface area (Å²) in [5.74, 6) is 0.627. The van der Waals surface area contributed by atoms with Crippen LogP contribution in [0.15, 0.2) is 78.9 Å². The second-order valence-corrected chi connectivity index (χ2v) is 10.0. The van der Waals surface area contributed by atoms with Gasteiger partial charge in [-0.2, -0.15) is 0 Å². The minimum atomic E-state index is -0.602. The van der Waals surface area contributed by atoms with Crippen LogP contribution >= 0.6 is 0 Å². The van der Waals surface area contributed by atoms with E-state index in [-0.39, 0.29) is 24.3 Å². The van der Waals surface area contributed by atoms with Crippen LogP contribution in [-0.4, -0.2) is 35.9 Å². The zero-order chi connectivity index (χ0) is 26.0. The summed E-state index contributed by atoms with van der Waals surface area (Å²) in [4.78, 5) is 29.6. The number of rotatable bonds is 10. The average Bonchev–Trinajstić information content (AvgIpc) is 2.93. The minimum Gasteiger partial charge on any atom is -0.497 e. The maximum atomic E-state index is 13.9. The highest BCUT2D eigenvalue weighted by atomic mass is 16.5. The summed E-state index contributed by atoms with van der Waals surface area (Å²) in [6.45, 7) is 2.44. The van der Waals surface area contributed by atoms with Crippen molar-refractivity contribution in [3.05, 3.63) is 101 Å². The third kappa shape index (κ3) is 7.45. The molecule has 4 rings (SSSR count). The van der Waals surface area contributed by atoms with Gasteiger partial charge in [-0.3, -0.25) is 9.59 Å². The maximum absolute atomic E-state index is 13.9. The van der Waals surface area contributed by atoms with Gasteiger partial charge in [-0.1, -0.05) is 86.0 Å². The quantitative estimate of drug-likeness (QED) is 0.394. The molecule has 3 aromatic rings. The van der Waals surface area contributed by atoms with E-state index in [4.69, 9.17) is 4.74 Å². The summed E-state index contributed by atoms with van der Waals surface area (Å²) < 4.78 is 5.27. The molecule has 5 nitrogen and oxygen atoms in total. The van der Waals surface area contributed by atoms with Gasteiger partial charge in [0.1, 0.15) is 11.8 Å². The highest BCUT2D eigenvalue weighted by Crippen LogP contribution is 2.21. The molecule has 1 N–H and O–H groups in total. The van der Waals surface area contributed by atoms with Crippen LogP contribution in [0.4, 0.5) is 0 Å². The molecule has 1 fully saturated rings. The largest absolute Gasteiger partial charge is 0.497 e. The fraction of sp³-hybridized carbons (Fsp3) is 0.375. The van der Waals surface area contributed by atoms with E-state index in [1.165, 1.54) is 6.42 Å². The average molecular weight is 499 g/mol. The van der Waals surface area contributed by atoms with Gasteiger partial charge in [0.15, 0.2) is 0 Å². The molecule has 1 aliphatic carbocycles. The predicted molar refractivity (Wildman–Crippen MR) is 147 cm³/mol. The Labute approximate surface area is 220 Å². The van der Waals surface area contributed by atoms with Crippen molar-refractivity contribution in [1.82, 2.24) is 10.2 Å². The molecule has 0 radical (unpaired) electrons. The van der Waals surface area contributed by atoms with Crippen molar-refractivity contribution in [3.8, 4) is 5.75 Å². The molecule has 2 amide bonds. The van der Waals surface area contributed by atoms with E-state index >= 15 is 0 Å². The molecular weight excluding hydrogens is 460 g/mol. The van der Waals surface area contributed by atoms with Crippen molar-refractivity contribution in [2.75, 3.05) is 7.11 Å². The minimum absolute atomic E-state index is 0.0619. The van der Waals surface area contributed by atoms with Crippen LogP contribution in [-0.2, 0) is 29.0 Å². The van der Waals surface area contributed by atoms with Crippen LogP contribution in [0.2, 0.25) is 0 Å². The van der Waals surface area contributed by atoms with Gasteiger partial charge in [0, 0.05) is 19.0 Å². The summed E-state index contributed by atoms with van der Waals surface area (Å²) in [5.41, 5.74) is 4.09. The first kappa shape index (κ1) is 26.5. The number of amides is 2. The van der Waals surface area contributed by atoms with E-state index in [0.29, 0.717) is 13.0 Å². The first-order valence-corrected chi connectivity index (χ1v) is 13.3. The lowest BCUT2D eigenvalue weighted by molar-refractivity contribution is -0.141. The number of carbonyl (C=O) groups excluding carboxylic acids is 2. The molecular formula is C32H38N2O3. The molecule has 5 heteroatoms. The number of hydrogen-bond donors (Lipinski definition) is 1. The number of carbonyl (C=O) groups is 2. The Morgan fingerprint density at radius 3 is 2.24 bits per heavy atom. The molecule has 1 aliphatic rings. The molecule has 0 saturated heterocycles. The first-order valence-electron chi connectivity index (χ1n) is 13.3. The number of aryl methyl sites for hydroxylation is 1. The normalized spacial score (nSPS) is 14.5. The van der Waals surface area contributed by atoms with Gasteiger partial charge in [0.25, 0.3) is 0 Å². The molecule has 3 aromatic carbocycles. The number of benzene rings is 3. The van der Waals surface area contributed by atoms with Gasteiger partial charge in [-0.05, 0) is 54.2 Å². The van der Waals surface area contributed by atoms with Crippen molar-refractivity contribution in [1.29, 1.82) is 0 Å². The zero-order valence-corrected chi connectivity index (χ0v) is 22.0. The third-order valence-corrected chi connectivity index (χ3v) is 7.34. The topological polar surface area (TPSA) is 58.6 Å². The number of hydrogen-bond acceptors (Lipinski definition) is 3. The molecule has 37 heavy (non-hydrogen) atoms. The zero-order valence-electron chi connectivity index (χ0n) is 22.0. The van der Waals surface area contributed by atoms with Crippen molar-refractivity contribution >= 4 is 11.8 Å². The molecule has 0 heterocycles. The fourth-order valence-corrected chi connectivity index (χ4v) is 5.09. The van der Waals surface area contributed by atoms with Gasteiger partial charge < -0.3 is 15.0 Å². The van der Waals surface area contributed by atoms with E-state index in [9.17, 15) is 9.59 Å². The Bertz CT molecular complexity index is 1150. The summed E-state index contributed by atoms with van der Waals surface area (Å²) in [6, 6.07) is 25.2. The maximum Gasteiger partial charge on any atom is 0.243 e. The summed E-state index contributed by atoms with van der Waals surface area (Å²) >= 11 is 0. The van der Waals surface area contributed by atoms with Gasteiger partial charge in [-0.15, -0.1) is 0 Å². The number of methoxy groups -OCH3 is 1. The van der Waals surface area contributed by atoms with Crippen LogP contribution in [0.1, 0.15) is 54.4 Å². The Morgan fingerprint density at radius 2 is 1.57 bits per heavy atom. The van der Waals surface area contributed by atoms with Crippen molar-refractivity contribution in [2.45, 2.75) is 70.5 Å². The molecule has 0 bridgehead atoms.